The second-order valence-corrected chi connectivity index (χ2v) is 7.71. The van der Waals surface area contributed by atoms with E-state index >= 15 is 0 Å². The highest BCUT2D eigenvalue weighted by molar-refractivity contribution is 6.01. The lowest BCUT2D eigenvalue weighted by Gasteiger charge is -2.14. The van der Waals surface area contributed by atoms with E-state index in [1.807, 2.05) is 54.6 Å². The van der Waals surface area contributed by atoms with Crippen molar-refractivity contribution in [2.75, 3.05) is 6.54 Å². The summed E-state index contributed by atoms with van der Waals surface area (Å²) in [5, 5.41) is 6.03. The topological polar surface area (TPSA) is 84.3 Å². The lowest BCUT2D eigenvalue weighted by Crippen LogP contribution is -2.27. The fraction of sp³-hybridized carbons (Fsp3) is 0.148. The van der Waals surface area contributed by atoms with Gasteiger partial charge >= 0.3 is 0 Å². The third kappa shape index (κ3) is 5.36. The van der Waals surface area contributed by atoms with E-state index in [4.69, 9.17) is 4.98 Å². The molecule has 6 heteroatoms. The molecule has 0 aliphatic heterocycles. The zero-order valence-electron chi connectivity index (χ0n) is 18.4. The summed E-state index contributed by atoms with van der Waals surface area (Å²) in [7, 11) is 0. The number of carbonyl (C=O) groups excluding carboxylic acids is 1. The van der Waals surface area contributed by atoms with Crippen LogP contribution in [0.25, 0.3) is 22.6 Å². The second kappa shape index (κ2) is 10.4. The van der Waals surface area contributed by atoms with Gasteiger partial charge in [-0.2, -0.15) is 0 Å². The molecule has 1 amide bonds. The molecule has 0 radical (unpaired) electrons. The Balaban J connectivity index is 1.64. The van der Waals surface area contributed by atoms with E-state index < -0.39 is 0 Å². The number of nitroso groups, excluding NO2 is 1. The molecule has 1 heterocycles. The van der Waals surface area contributed by atoms with Crippen molar-refractivity contribution in [1.29, 1.82) is 0 Å². The molecule has 0 atom stereocenters. The van der Waals surface area contributed by atoms with Crippen LogP contribution in [-0.4, -0.2) is 22.4 Å². The van der Waals surface area contributed by atoms with Crippen LogP contribution >= 0.6 is 0 Å². The molecule has 0 aliphatic carbocycles. The number of rotatable bonds is 8. The number of carbonyl (C=O) groups is 1. The van der Waals surface area contributed by atoms with E-state index in [9.17, 15) is 9.70 Å². The van der Waals surface area contributed by atoms with Crippen molar-refractivity contribution < 1.29 is 4.79 Å². The molecular weight excluding hydrogens is 412 g/mol. The Morgan fingerprint density at radius 1 is 0.879 bits per heavy atom. The van der Waals surface area contributed by atoms with Crippen LogP contribution in [0.15, 0.2) is 90.1 Å². The Morgan fingerprint density at radius 2 is 1.58 bits per heavy atom. The van der Waals surface area contributed by atoms with Gasteiger partial charge in [-0.3, -0.25) is 4.79 Å². The average molecular weight is 437 g/mol. The molecule has 4 rings (SSSR count). The predicted molar refractivity (Wildman–Crippen MR) is 130 cm³/mol. The van der Waals surface area contributed by atoms with Gasteiger partial charge in [-0.25, -0.2) is 9.97 Å². The molecule has 4 aromatic rings. The number of amides is 1. The first kappa shape index (κ1) is 22.0. The monoisotopic (exact) mass is 436 g/mol. The first-order chi connectivity index (χ1) is 16.2. The van der Waals surface area contributed by atoms with Gasteiger partial charge in [0.1, 0.15) is 5.69 Å². The molecule has 164 valence electrons. The highest BCUT2D eigenvalue weighted by Crippen LogP contribution is 2.29. The van der Waals surface area contributed by atoms with E-state index in [0.29, 0.717) is 34.9 Å². The van der Waals surface area contributed by atoms with E-state index in [2.05, 4.69) is 27.6 Å². The lowest BCUT2D eigenvalue weighted by atomic mass is 10.0. The summed E-state index contributed by atoms with van der Waals surface area (Å²) < 4.78 is 0. The van der Waals surface area contributed by atoms with Crippen LogP contribution in [-0.2, 0) is 6.42 Å². The van der Waals surface area contributed by atoms with Crippen molar-refractivity contribution in [2.24, 2.45) is 5.18 Å². The molecule has 1 N–H and O–H groups in total. The average Bonchev–Trinajstić information content (AvgIpc) is 2.87. The van der Waals surface area contributed by atoms with E-state index in [-0.39, 0.29) is 11.6 Å². The molecule has 3 aromatic carbocycles. The maximum atomic E-state index is 13.2. The molecule has 0 saturated heterocycles. The summed E-state index contributed by atoms with van der Waals surface area (Å²) in [6.45, 7) is 2.33. The first-order valence-electron chi connectivity index (χ1n) is 10.9. The lowest BCUT2D eigenvalue weighted by molar-refractivity contribution is 0.0952. The van der Waals surface area contributed by atoms with Crippen LogP contribution in [0, 0.1) is 11.8 Å². The maximum Gasteiger partial charge on any atom is 0.255 e. The van der Waals surface area contributed by atoms with Crippen molar-refractivity contribution in [2.45, 2.75) is 19.8 Å². The predicted octanol–water partition coefficient (Wildman–Crippen LogP) is 5.88. The Morgan fingerprint density at radius 3 is 2.30 bits per heavy atom. The van der Waals surface area contributed by atoms with Crippen molar-refractivity contribution in [3.63, 3.8) is 0 Å². The van der Waals surface area contributed by atoms with Crippen LogP contribution in [0.2, 0.25) is 0 Å². The van der Waals surface area contributed by atoms with Gasteiger partial charge in [0, 0.05) is 17.7 Å². The summed E-state index contributed by atoms with van der Waals surface area (Å²) in [5.41, 5.74) is 4.45. The molecule has 0 unspecified atom stereocenters. The van der Waals surface area contributed by atoms with Crippen molar-refractivity contribution >= 4 is 11.6 Å². The molecule has 0 aliphatic rings. The highest BCUT2D eigenvalue weighted by Gasteiger charge is 2.20. The summed E-state index contributed by atoms with van der Waals surface area (Å²) in [6.07, 6.45) is 1.70. The largest absolute Gasteiger partial charge is 0.352 e. The maximum absolute atomic E-state index is 13.2. The smallest absolute Gasteiger partial charge is 0.255 e. The van der Waals surface area contributed by atoms with Crippen LogP contribution in [0.5, 0.6) is 0 Å². The second-order valence-electron chi connectivity index (χ2n) is 7.71. The molecule has 1 aromatic heterocycles. The Labute approximate surface area is 192 Å². The number of benzene rings is 3. The quantitative estimate of drug-likeness (QED) is 0.276. The minimum absolute atomic E-state index is 0.236. The highest BCUT2D eigenvalue weighted by atomic mass is 16.3. The third-order valence-electron chi connectivity index (χ3n) is 5.34. The molecule has 0 saturated carbocycles. The number of nitrogens with one attached hydrogen (secondary N) is 1. The van der Waals surface area contributed by atoms with Gasteiger partial charge < -0.3 is 5.32 Å². The fourth-order valence-corrected chi connectivity index (χ4v) is 3.71. The molecule has 0 spiro atoms. The van der Waals surface area contributed by atoms with Gasteiger partial charge in [-0.15, -0.1) is 4.91 Å². The van der Waals surface area contributed by atoms with E-state index in [0.717, 1.165) is 18.4 Å². The number of hydrogen-bond acceptors (Lipinski definition) is 5. The van der Waals surface area contributed by atoms with Crippen molar-refractivity contribution in [3.8, 4) is 22.6 Å². The van der Waals surface area contributed by atoms with Crippen LogP contribution in [0.1, 0.15) is 28.0 Å². The minimum atomic E-state index is -0.236. The summed E-state index contributed by atoms with van der Waals surface area (Å²) in [5.74, 6) is 0.285. The van der Waals surface area contributed by atoms with Gasteiger partial charge in [-0.05, 0) is 42.6 Å². The number of hydrogen-bond donors (Lipinski definition) is 1. The number of aromatic nitrogens is 2. The Hall–Kier alpha value is -4.19. The molecule has 6 nitrogen and oxygen atoms in total. The van der Waals surface area contributed by atoms with E-state index in [1.165, 1.54) is 5.56 Å². The number of nitrogens with zero attached hydrogens (tertiary/aromatic N) is 3. The summed E-state index contributed by atoms with van der Waals surface area (Å²) >= 11 is 0. The Bertz CT molecular complexity index is 1260. The SMILES string of the molecule is Cc1nc(-c2ccccc2)nc(-c2cccc(N=O)c2)c1C(=O)NCCCc1ccccc1. The normalized spacial score (nSPS) is 10.6. The van der Waals surface area contributed by atoms with Gasteiger partial charge in [0.05, 0.1) is 17.0 Å². The van der Waals surface area contributed by atoms with Gasteiger partial charge in [0.15, 0.2) is 5.82 Å². The minimum Gasteiger partial charge on any atom is -0.352 e. The molecule has 33 heavy (non-hydrogen) atoms. The van der Waals surface area contributed by atoms with Crippen LogP contribution in [0.3, 0.4) is 0 Å². The van der Waals surface area contributed by atoms with Gasteiger partial charge in [-0.1, -0.05) is 72.8 Å². The molecule has 0 bridgehead atoms. The third-order valence-corrected chi connectivity index (χ3v) is 5.34. The van der Waals surface area contributed by atoms with Crippen molar-refractivity contribution in [1.82, 2.24) is 15.3 Å². The fourth-order valence-electron chi connectivity index (χ4n) is 3.71. The van der Waals surface area contributed by atoms with Crippen LogP contribution < -0.4 is 5.32 Å². The standard InChI is InChI=1S/C27H24N4O2/c1-19-24(27(32)28-17-9-12-20-10-4-2-5-11-20)25(22-15-8-16-23(18-22)31-33)30-26(29-19)21-13-6-3-7-14-21/h2-8,10-11,13-16,18H,9,12,17H2,1H3,(H,28,32). The molecule has 0 fully saturated rings. The van der Waals surface area contributed by atoms with Crippen LogP contribution in [0.4, 0.5) is 5.69 Å². The summed E-state index contributed by atoms with van der Waals surface area (Å²) in [4.78, 5) is 33.6. The zero-order chi connectivity index (χ0) is 23.0. The molecular formula is C27H24N4O2. The van der Waals surface area contributed by atoms with E-state index in [1.54, 1.807) is 25.1 Å². The van der Waals surface area contributed by atoms with Gasteiger partial charge in [0.25, 0.3) is 5.91 Å². The Kier molecular flexibility index (Phi) is 6.95. The summed E-state index contributed by atoms with van der Waals surface area (Å²) in [6, 6.07) is 26.6. The van der Waals surface area contributed by atoms with Gasteiger partial charge in [0.2, 0.25) is 0 Å². The number of aryl methyl sites for hydroxylation is 2. The van der Waals surface area contributed by atoms with Crippen molar-refractivity contribution in [3.05, 3.63) is 107 Å². The first-order valence-corrected chi connectivity index (χ1v) is 10.9. The zero-order valence-corrected chi connectivity index (χ0v) is 18.4.